The summed E-state index contributed by atoms with van der Waals surface area (Å²) in [4.78, 5) is 19.2. The number of carbonyl (C=O) groups excluding carboxylic acids is 1. The molecule has 0 saturated carbocycles. The molecule has 2 aromatic carbocycles. The minimum Gasteiger partial charge on any atom is -0.339 e. The predicted octanol–water partition coefficient (Wildman–Crippen LogP) is 3.30. The molecule has 1 fully saturated rings. The molecule has 1 aliphatic rings. The van der Waals surface area contributed by atoms with Gasteiger partial charge in [0.05, 0.1) is 11.6 Å². The van der Waals surface area contributed by atoms with E-state index in [1.807, 2.05) is 66.7 Å². The summed E-state index contributed by atoms with van der Waals surface area (Å²) in [6, 6.07) is 21.7. The number of rotatable bonds is 5. The van der Waals surface area contributed by atoms with Crippen LogP contribution >= 0.6 is 0 Å². The molecule has 4 aromatic rings. The van der Waals surface area contributed by atoms with Crippen molar-refractivity contribution in [2.45, 2.75) is 12.3 Å². The number of amides is 1. The van der Waals surface area contributed by atoms with E-state index in [9.17, 15) is 4.79 Å². The Morgan fingerprint density at radius 3 is 2.50 bits per heavy atom. The van der Waals surface area contributed by atoms with Gasteiger partial charge < -0.3 is 9.42 Å². The molecule has 0 atom stereocenters. The lowest BCUT2D eigenvalue weighted by atomic mass is 9.99. The Balaban J connectivity index is 1.23. The molecule has 0 bridgehead atoms. The predicted molar refractivity (Wildman–Crippen MR) is 111 cm³/mol. The first-order chi connectivity index (χ1) is 14.7. The van der Waals surface area contributed by atoms with Gasteiger partial charge in [0.25, 0.3) is 5.91 Å². The quantitative estimate of drug-likeness (QED) is 0.515. The molecule has 1 amide bonds. The van der Waals surface area contributed by atoms with Crippen molar-refractivity contribution < 1.29 is 9.32 Å². The summed E-state index contributed by atoms with van der Waals surface area (Å²) in [6.07, 6.45) is 0.636. The lowest BCUT2D eigenvalue weighted by Crippen LogP contribution is -2.49. The van der Waals surface area contributed by atoms with Gasteiger partial charge in [0.2, 0.25) is 5.89 Å². The number of aromatic nitrogens is 4. The highest BCUT2D eigenvalue weighted by Gasteiger charge is 2.37. The van der Waals surface area contributed by atoms with Crippen LogP contribution in [-0.4, -0.2) is 43.8 Å². The monoisotopic (exact) mass is 399 g/mol. The molecule has 7 nitrogen and oxygen atoms in total. The summed E-state index contributed by atoms with van der Waals surface area (Å²) in [5.41, 5.74) is 3.50. The van der Waals surface area contributed by atoms with Crippen LogP contribution in [0.3, 0.4) is 0 Å². The third-order valence-corrected chi connectivity index (χ3v) is 5.38. The summed E-state index contributed by atoms with van der Waals surface area (Å²) < 4.78 is 7.09. The first kappa shape index (κ1) is 18.3. The van der Waals surface area contributed by atoms with Crippen LogP contribution in [0.1, 0.15) is 33.7 Å². The van der Waals surface area contributed by atoms with Crippen LogP contribution in [0, 0.1) is 0 Å². The van der Waals surface area contributed by atoms with E-state index in [-0.39, 0.29) is 11.8 Å². The standard InChI is InChI=1S/C23H21N5O2/c1-27-20(13-19(25-27)17-10-6-3-7-11-17)23(29)28-14-18(15-28)22-24-21(26-30-22)12-16-8-4-2-5-9-16/h2-11,13,18H,12,14-15H2,1H3. The summed E-state index contributed by atoms with van der Waals surface area (Å²) in [6.45, 7) is 1.13. The highest BCUT2D eigenvalue weighted by Crippen LogP contribution is 2.28. The van der Waals surface area contributed by atoms with Gasteiger partial charge in [-0.3, -0.25) is 9.48 Å². The van der Waals surface area contributed by atoms with Gasteiger partial charge in [-0.15, -0.1) is 0 Å². The van der Waals surface area contributed by atoms with Crippen LogP contribution < -0.4 is 0 Å². The zero-order chi connectivity index (χ0) is 20.5. The van der Waals surface area contributed by atoms with Crippen molar-refractivity contribution in [1.82, 2.24) is 24.8 Å². The summed E-state index contributed by atoms with van der Waals surface area (Å²) in [5.74, 6) is 1.31. The van der Waals surface area contributed by atoms with Crippen LogP contribution in [0.25, 0.3) is 11.3 Å². The number of nitrogens with zero attached hydrogens (tertiary/aromatic N) is 5. The van der Waals surface area contributed by atoms with Gasteiger partial charge in [-0.1, -0.05) is 65.8 Å². The Labute approximate surface area is 174 Å². The fourth-order valence-electron chi connectivity index (χ4n) is 3.66. The highest BCUT2D eigenvalue weighted by molar-refractivity contribution is 5.94. The van der Waals surface area contributed by atoms with Gasteiger partial charge in [0.15, 0.2) is 5.82 Å². The largest absolute Gasteiger partial charge is 0.339 e. The molecule has 2 aromatic heterocycles. The number of aryl methyl sites for hydroxylation is 1. The van der Waals surface area contributed by atoms with Crippen molar-refractivity contribution in [3.05, 3.63) is 89.7 Å². The molecule has 150 valence electrons. The van der Waals surface area contributed by atoms with Crippen LogP contribution in [0.4, 0.5) is 0 Å². The Morgan fingerprint density at radius 2 is 1.77 bits per heavy atom. The number of carbonyl (C=O) groups is 1. The third kappa shape index (κ3) is 3.50. The van der Waals surface area contributed by atoms with Crippen LogP contribution in [0.5, 0.6) is 0 Å². The molecule has 3 heterocycles. The van der Waals surface area contributed by atoms with Crippen molar-refractivity contribution >= 4 is 5.91 Å². The van der Waals surface area contributed by atoms with Gasteiger partial charge in [0, 0.05) is 32.1 Å². The van der Waals surface area contributed by atoms with Gasteiger partial charge in [-0.05, 0) is 11.6 Å². The average Bonchev–Trinajstić information content (AvgIpc) is 3.35. The van der Waals surface area contributed by atoms with Crippen LogP contribution in [0.15, 0.2) is 71.3 Å². The van der Waals surface area contributed by atoms with E-state index in [1.54, 1.807) is 16.6 Å². The SMILES string of the molecule is Cn1nc(-c2ccccc2)cc1C(=O)N1CC(c2nc(Cc3ccccc3)no2)C1. The van der Waals surface area contributed by atoms with Gasteiger partial charge in [-0.2, -0.15) is 10.1 Å². The molecular formula is C23H21N5O2. The average molecular weight is 399 g/mol. The Bertz CT molecular complexity index is 1160. The molecule has 5 rings (SSSR count). The maximum absolute atomic E-state index is 12.9. The molecule has 0 spiro atoms. The van der Waals surface area contributed by atoms with E-state index in [2.05, 4.69) is 15.2 Å². The number of likely N-dealkylation sites (tertiary alicyclic amines) is 1. The second kappa shape index (κ2) is 7.59. The summed E-state index contributed by atoms with van der Waals surface area (Å²) in [5, 5.41) is 8.58. The summed E-state index contributed by atoms with van der Waals surface area (Å²) >= 11 is 0. The van der Waals surface area contributed by atoms with Crippen molar-refractivity contribution in [2.24, 2.45) is 7.05 Å². The molecule has 0 radical (unpaired) electrons. The minimum atomic E-state index is -0.0348. The van der Waals surface area contributed by atoms with Gasteiger partial charge >= 0.3 is 0 Å². The fraction of sp³-hybridized carbons (Fsp3) is 0.217. The molecule has 0 aliphatic carbocycles. The Kier molecular flexibility index (Phi) is 4.63. The van der Waals surface area contributed by atoms with Crippen molar-refractivity contribution in [3.63, 3.8) is 0 Å². The van der Waals surface area contributed by atoms with E-state index >= 15 is 0 Å². The molecule has 1 saturated heterocycles. The zero-order valence-corrected chi connectivity index (χ0v) is 16.6. The van der Waals surface area contributed by atoms with Crippen molar-refractivity contribution in [1.29, 1.82) is 0 Å². The maximum atomic E-state index is 12.9. The van der Waals surface area contributed by atoms with E-state index in [4.69, 9.17) is 4.52 Å². The lowest BCUT2D eigenvalue weighted by Gasteiger charge is -2.36. The van der Waals surface area contributed by atoms with Crippen molar-refractivity contribution in [2.75, 3.05) is 13.1 Å². The fourth-order valence-corrected chi connectivity index (χ4v) is 3.66. The smallest absolute Gasteiger partial charge is 0.272 e. The van der Waals surface area contributed by atoms with E-state index in [0.717, 1.165) is 16.8 Å². The highest BCUT2D eigenvalue weighted by atomic mass is 16.5. The number of hydrogen-bond acceptors (Lipinski definition) is 5. The molecule has 30 heavy (non-hydrogen) atoms. The van der Waals surface area contributed by atoms with Gasteiger partial charge in [0.1, 0.15) is 5.69 Å². The first-order valence-corrected chi connectivity index (χ1v) is 9.92. The van der Waals surface area contributed by atoms with E-state index in [1.165, 1.54) is 0 Å². The second-order valence-corrected chi connectivity index (χ2v) is 7.52. The van der Waals surface area contributed by atoms with Crippen LogP contribution in [-0.2, 0) is 13.5 Å². The number of benzene rings is 2. The Morgan fingerprint density at radius 1 is 1.07 bits per heavy atom. The lowest BCUT2D eigenvalue weighted by molar-refractivity contribution is 0.0558. The van der Waals surface area contributed by atoms with Crippen molar-refractivity contribution in [3.8, 4) is 11.3 Å². The normalized spacial score (nSPS) is 14.0. The molecular weight excluding hydrogens is 378 g/mol. The zero-order valence-electron chi connectivity index (χ0n) is 16.6. The second-order valence-electron chi connectivity index (χ2n) is 7.52. The maximum Gasteiger partial charge on any atom is 0.272 e. The van der Waals surface area contributed by atoms with Crippen LogP contribution in [0.2, 0.25) is 0 Å². The topological polar surface area (TPSA) is 77.1 Å². The third-order valence-electron chi connectivity index (χ3n) is 5.38. The minimum absolute atomic E-state index is 0.0348. The summed E-state index contributed by atoms with van der Waals surface area (Å²) in [7, 11) is 1.80. The molecule has 0 unspecified atom stereocenters. The molecule has 0 N–H and O–H groups in total. The molecule has 1 aliphatic heterocycles. The Hall–Kier alpha value is -3.74. The molecule has 7 heteroatoms. The van der Waals surface area contributed by atoms with Gasteiger partial charge in [-0.25, -0.2) is 0 Å². The van der Waals surface area contributed by atoms with E-state index < -0.39 is 0 Å². The number of hydrogen-bond donors (Lipinski definition) is 0. The van der Waals surface area contributed by atoms with E-state index in [0.29, 0.717) is 36.9 Å². The first-order valence-electron chi connectivity index (χ1n) is 9.92.